The Labute approximate surface area is 135 Å². The molecule has 0 atom stereocenters. The maximum absolute atomic E-state index is 12.4. The van der Waals surface area contributed by atoms with E-state index in [1.165, 1.54) is 4.68 Å². The summed E-state index contributed by atoms with van der Waals surface area (Å²) < 4.78 is 2.07. The molecule has 0 aliphatic heterocycles. The normalized spacial score (nSPS) is 12.0. The van der Waals surface area contributed by atoms with Crippen LogP contribution in [-0.2, 0) is 0 Å². The number of hydrogen-bond acceptors (Lipinski definition) is 4. The first kappa shape index (κ1) is 18.2. The molecule has 0 fully saturated rings. The SMILES string of the molecule is CCCN(CC(C)(C)CN)c1cnn(C(C)C)c(=O)c1Br. The topological polar surface area (TPSA) is 64.2 Å². The molecule has 0 aromatic carbocycles. The van der Waals surface area contributed by atoms with Crippen molar-refractivity contribution in [3.05, 3.63) is 21.0 Å². The maximum Gasteiger partial charge on any atom is 0.283 e. The summed E-state index contributed by atoms with van der Waals surface area (Å²) >= 11 is 3.45. The van der Waals surface area contributed by atoms with Gasteiger partial charge in [-0.3, -0.25) is 4.79 Å². The Morgan fingerprint density at radius 2 is 2.10 bits per heavy atom. The summed E-state index contributed by atoms with van der Waals surface area (Å²) in [5.74, 6) is 0. The van der Waals surface area contributed by atoms with Gasteiger partial charge in [-0.15, -0.1) is 0 Å². The van der Waals surface area contributed by atoms with Crippen molar-refractivity contribution in [2.75, 3.05) is 24.5 Å². The second-order valence-corrected chi connectivity index (χ2v) is 7.27. The molecule has 0 amide bonds. The number of rotatable bonds is 7. The Kier molecular flexibility index (Phi) is 6.41. The Balaban J connectivity index is 3.21. The summed E-state index contributed by atoms with van der Waals surface area (Å²) in [6.45, 7) is 12.5. The van der Waals surface area contributed by atoms with Gasteiger partial charge >= 0.3 is 0 Å². The van der Waals surface area contributed by atoms with Gasteiger partial charge in [0, 0.05) is 13.1 Å². The average molecular weight is 359 g/mol. The lowest BCUT2D eigenvalue weighted by molar-refractivity contribution is 0.376. The van der Waals surface area contributed by atoms with Crippen LogP contribution in [0.15, 0.2) is 15.5 Å². The van der Waals surface area contributed by atoms with Crippen molar-refractivity contribution < 1.29 is 0 Å². The van der Waals surface area contributed by atoms with Crippen molar-refractivity contribution in [3.63, 3.8) is 0 Å². The van der Waals surface area contributed by atoms with Gasteiger partial charge in [0.2, 0.25) is 0 Å². The number of anilines is 1. The van der Waals surface area contributed by atoms with Gasteiger partial charge in [-0.05, 0) is 48.2 Å². The zero-order valence-corrected chi connectivity index (χ0v) is 15.3. The first-order valence-electron chi connectivity index (χ1n) is 7.46. The second kappa shape index (κ2) is 7.40. The Bertz CT molecular complexity index is 525. The molecule has 0 saturated carbocycles. The summed E-state index contributed by atoms with van der Waals surface area (Å²) in [6.07, 6.45) is 2.77. The molecule has 0 aliphatic rings. The van der Waals surface area contributed by atoms with E-state index in [1.807, 2.05) is 13.8 Å². The molecule has 0 radical (unpaired) electrons. The fourth-order valence-corrected chi connectivity index (χ4v) is 2.70. The van der Waals surface area contributed by atoms with Crippen molar-refractivity contribution in [1.29, 1.82) is 0 Å². The smallest absolute Gasteiger partial charge is 0.283 e. The molecule has 6 heteroatoms. The number of aromatic nitrogens is 2. The van der Waals surface area contributed by atoms with Crippen molar-refractivity contribution >= 4 is 21.6 Å². The molecular formula is C15H27BrN4O. The van der Waals surface area contributed by atoms with Crippen LogP contribution in [0.2, 0.25) is 0 Å². The molecule has 2 N–H and O–H groups in total. The highest BCUT2D eigenvalue weighted by Crippen LogP contribution is 2.26. The van der Waals surface area contributed by atoms with Crippen LogP contribution in [0.4, 0.5) is 5.69 Å². The first-order chi connectivity index (χ1) is 9.73. The third-order valence-corrected chi connectivity index (χ3v) is 4.17. The predicted octanol–water partition coefficient (Wildman–Crippen LogP) is 2.79. The molecule has 1 rings (SSSR count). The second-order valence-electron chi connectivity index (χ2n) is 6.48. The number of nitrogens with zero attached hydrogens (tertiary/aromatic N) is 3. The van der Waals surface area contributed by atoms with Gasteiger partial charge in [0.25, 0.3) is 5.56 Å². The molecule has 1 heterocycles. The predicted molar refractivity (Wildman–Crippen MR) is 91.9 cm³/mol. The Morgan fingerprint density at radius 1 is 1.48 bits per heavy atom. The highest BCUT2D eigenvalue weighted by atomic mass is 79.9. The molecular weight excluding hydrogens is 332 g/mol. The van der Waals surface area contributed by atoms with Gasteiger partial charge in [0.1, 0.15) is 4.47 Å². The summed E-state index contributed by atoms with van der Waals surface area (Å²) in [7, 11) is 0. The van der Waals surface area contributed by atoms with Crippen molar-refractivity contribution in [2.24, 2.45) is 11.1 Å². The van der Waals surface area contributed by atoms with Crippen molar-refractivity contribution in [2.45, 2.75) is 47.1 Å². The van der Waals surface area contributed by atoms with Gasteiger partial charge in [-0.25, -0.2) is 4.68 Å². The fraction of sp³-hybridized carbons (Fsp3) is 0.733. The van der Waals surface area contributed by atoms with Gasteiger partial charge in [-0.2, -0.15) is 5.10 Å². The fourth-order valence-electron chi connectivity index (χ4n) is 2.16. The maximum atomic E-state index is 12.4. The van der Waals surface area contributed by atoms with Crippen molar-refractivity contribution in [3.8, 4) is 0 Å². The van der Waals surface area contributed by atoms with Crippen LogP contribution < -0.4 is 16.2 Å². The summed E-state index contributed by atoms with van der Waals surface area (Å²) in [6, 6.07) is 0.0444. The van der Waals surface area contributed by atoms with E-state index >= 15 is 0 Å². The van der Waals surface area contributed by atoms with E-state index in [0.717, 1.165) is 25.2 Å². The number of hydrogen-bond donors (Lipinski definition) is 1. The lowest BCUT2D eigenvalue weighted by atomic mass is 9.93. The molecule has 0 aliphatic carbocycles. The summed E-state index contributed by atoms with van der Waals surface area (Å²) in [4.78, 5) is 14.6. The van der Waals surface area contributed by atoms with E-state index in [4.69, 9.17) is 5.73 Å². The van der Waals surface area contributed by atoms with Crippen LogP contribution in [0.25, 0.3) is 0 Å². The molecule has 21 heavy (non-hydrogen) atoms. The highest BCUT2D eigenvalue weighted by Gasteiger charge is 2.23. The van der Waals surface area contributed by atoms with E-state index in [2.05, 4.69) is 46.7 Å². The molecule has 0 bridgehead atoms. The Morgan fingerprint density at radius 3 is 2.57 bits per heavy atom. The van der Waals surface area contributed by atoms with Crippen LogP contribution >= 0.6 is 15.9 Å². The zero-order valence-electron chi connectivity index (χ0n) is 13.7. The standard InChI is InChI=1S/C15H27BrN4O/c1-6-7-19(10-15(4,5)9-17)12-8-18-20(11(2)3)14(21)13(12)16/h8,11H,6-7,9-10,17H2,1-5H3. The summed E-state index contributed by atoms with van der Waals surface area (Å²) in [5, 5.41) is 4.30. The van der Waals surface area contributed by atoms with Gasteiger partial charge < -0.3 is 10.6 Å². The third-order valence-electron chi connectivity index (χ3n) is 3.42. The van der Waals surface area contributed by atoms with Crippen LogP contribution in [0.3, 0.4) is 0 Å². The largest absolute Gasteiger partial charge is 0.369 e. The highest BCUT2D eigenvalue weighted by molar-refractivity contribution is 9.10. The van der Waals surface area contributed by atoms with E-state index < -0.39 is 0 Å². The molecule has 5 nitrogen and oxygen atoms in total. The third kappa shape index (κ3) is 4.54. The van der Waals surface area contributed by atoms with Crippen LogP contribution in [0.1, 0.15) is 47.1 Å². The van der Waals surface area contributed by atoms with Gasteiger partial charge in [0.15, 0.2) is 0 Å². The number of nitrogens with two attached hydrogens (primary N) is 1. The molecule has 120 valence electrons. The summed E-state index contributed by atoms with van der Waals surface area (Å²) in [5.41, 5.74) is 6.59. The monoisotopic (exact) mass is 358 g/mol. The minimum absolute atomic E-state index is 0.0124. The average Bonchev–Trinajstić information content (AvgIpc) is 2.40. The molecule has 0 saturated heterocycles. The molecule has 0 unspecified atom stereocenters. The Hall–Kier alpha value is -0.880. The van der Waals surface area contributed by atoms with E-state index in [0.29, 0.717) is 11.0 Å². The lowest BCUT2D eigenvalue weighted by Gasteiger charge is -2.33. The van der Waals surface area contributed by atoms with Crippen LogP contribution in [0.5, 0.6) is 0 Å². The minimum Gasteiger partial charge on any atom is -0.369 e. The van der Waals surface area contributed by atoms with Crippen molar-refractivity contribution in [1.82, 2.24) is 9.78 Å². The molecule has 0 spiro atoms. The van der Waals surface area contributed by atoms with E-state index in [9.17, 15) is 4.79 Å². The van der Waals surface area contributed by atoms with E-state index in [-0.39, 0.29) is 17.0 Å². The van der Waals surface area contributed by atoms with Crippen LogP contribution in [0, 0.1) is 5.41 Å². The zero-order chi connectivity index (χ0) is 16.2. The number of halogens is 1. The minimum atomic E-state index is -0.0887. The molecule has 1 aromatic rings. The quantitative estimate of drug-likeness (QED) is 0.813. The molecule has 1 aromatic heterocycles. The lowest BCUT2D eigenvalue weighted by Crippen LogP contribution is -2.40. The first-order valence-corrected chi connectivity index (χ1v) is 8.25. The van der Waals surface area contributed by atoms with Gasteiger partial charge in [0.05, 0.1) is 17.9 Å². The van der Waals surface area contributed by atoms with E-state index in [1.54, 1.807) is 6.20 Å². The van der Waals surface area contributed by atoms with Crippen LogP contribution in [-0.4, -0.2) is 29.4 Å². The van der Waals surface area contributed by atoms with Gasteiger partial charge in [-0.1, -0.05) is 20.8 Å².